The fraction of sp³-hybridized carbons (Fsp3) is 0.0769. The van der Waals surface area contributed by atoms with Crippen molar-refractivity contribution in [2.75, 3.05) is 5.43 Å². The molecular weight excluding hydrogens is 259 g/mol. The number of rotatable bonds is 3. The minimum atomic E-state index is -0.273. The third kappa shape index (κ3) is 2.46. The number of hydrogen-bond acceptors (Lipinski definition) is 5. The average molecular weight is 270 g/mol. The molecule has 100 valence electrons. The summed E-state index contributed by atoms with van der Waals surface area (Å²) < 4.78 is 14.4. The first-order valence-electron chi connectivity index (χ1n) is 5.96. The van der Waals surface area contributed by atoms with Crippen LogP contribution in [-0.2, 0) is 0 Å². The maximum atomic E-state index is 12.7. The molecular formula is C13H11FN6. The lowest BCUT2D eigenvalue weighted by Gasteiger charge is -2.00. The van der Waals surface area contributed by atoms with Gasteiger partial charge in [-0.25, -0.2) is 4.39 Å². The van der Waals surface area contributed by atoms with Crippen molar-refractivity contribution < 1.29 is 4.39 Å². The fourth-order valence-electron chi connectivity index (χ4n) is 1.68. The van der Waals surface area contributed by atoms with Gasteiger partial charge in [0, 0.05) is 0 Å². The Morgan fingerprint density at radius 3 is 2.75 bits per heavy atom. The topological polar surface area (TPSA) is 67.5 Å². The Kier molecular flexibility index (Phi) is 3.08. The minimum absolute atomic E-state index is 0.273. The molecule has 0 saturated carbocycles. The van der Waals surface area contributed by atoms with Crippen LogP contribution in [0.2, 0.25) is 0 Å². The molecule has 0 saturated heterocycles. The van der Waals surface area contributed by atoms with Crippen LogP contribution in [0.5, 0.6) is 0 Å². The van der Waals surface area contributed by atoms with Gasteiger partial charge in [-0.15, -0.1) is 15.3 Å². The highest BCUT2D eigenvalue weighted by molar-refractivity contribution is 5.79. The van der Waals surface area contributed by atoms with Gasteiger partial charge < -0.3 is 0 Å². The Balaban J connectivity index is 1.76. The summed E-state index contributed by atoms with van der Waals surface area (Å²) in [6, 6.07) is 9.59. The zero-order valence-electron chi connectivity index (χ0n) is 10.7. The summed E-state index contributed by atoms with van der Waals surface area (Å²) in [5, 5.41) is 16.2. The van der Waals surface area contributed by atoms with Gasteiger partial charge in [-0.3, -0.25) is 5.43 Å². The number of aromatic nitrogens is 4. The molecule has 1 aromatic carbocycles. The molecule has 20 heavy (non-hydrogen) atoms. The van der Waals surface area contributed by atoms with E-state index in [1.807, 2.05) is 6.92 Å². The van der Waals surface area contributed by atoms with Crippen molar-refractivity contribution in [3.63, 3.8) is 0 Å². The van der Waals surface area contributed by atoms with Gasteiger partial charge in [0.1, 0.15) is 5.82 Å². The predicted octanol–water partition coefficient (Wildman–Crippen LogP) is 2.02. The van der Waals surface area contributed by atoms with Crippen molar-refractivity contribution in [2.45, 2.75) is 6.92 Å². The summed E-state index contributed by atoms with van der Waals surface area (Å²) in [6.07, 6.45) is 1.59. The summed E-state index contributed by atoms with van der Waals surface area (Å²) in [5.41, 5.74) is 4.27. The maximum absolute atomic E-state index is 12.7. The zero-order chi connectivity index (χ0) is 13.9. The van der Waals surface area contributed by atoms with Crippen LogP contribution in [0.3, 0.4) is 0 Å². The lowest BCUT2D eigenvalue weighted by molar-refractivity contribution is 0.628. The molecule has 6 nitrogen and oxygen atoms in total. The molecule has 3 rings (SSSR count). The number of aryl methyl sites for hydroxylation is 1. The van der Waals surface area contributed by atoms with Crippen LogP contribution in [-0.4, -0.2) is 26.0 Å². The number of anilines is 1. The lowest BCUT2D eigenvalue weighted by Crippen LogP contribution is -2.00. The fourth-order valence-corrected chi connectivity index (χ4v) is 1.68. The quantitative estimate of drug-likeness (QED) is 0.584. The van der Waals surface area contributed by atoms with Crippen molar-refractivity contribution in [3.05, 3.63) is 53.6 Å². The molecule has 3 aromatic rings. The van der Waals surface area contributed by atoms with Crippen LogP contribution in [0.15, 0.2) is 41.5 Å². The van der Waals surface area contributed by atoms with Gasteiger partial charge in [-0.05, 0) is 36.8 Å². The van der Waals surface area contributed by atoms with E-state index < -0.39 is 0 Å². The van der Waals surface area contributed by atoms with E-state index in [2.05, 4.69) is 25.8 Å². The molecule has 0 amide bonds. The van der Waals surface area contributed by atoms with E-state index >= 15 is 0 Å². The molecule has 0 spiro atoms. The highest BCUT2D eigenvalue weighted by Gasteiger charge is 2.02. The first-order valence-corrected chi connectivity index (χ1v) is 5.96. The van der Waals surface area contributed by atoms with Crippen molar-refractivity contribution in [1.82, 2.24) is 19.8 Å². The molecule has 0 aliphatic carbocycles. The smallest absolute Gasteiger partial charge is 0.178 e. The lowest BCUT2D eigenvalue weighted by atomic mass is 10.2. The monoisotopic (exact) mass is 270 g/mol. The minimum Gasteiger partial charge on any atom is -0.260 e. The van der Waals surface area contributed by atoms with Crippen LogP contribution >= 0.6 is 0 Å². The SMILES string of the molecule is Cc1nnc2ccc(NN=Cc3ccc(F)cc3)nn12. The standard InChI is InChI=1S/C13H11FN6/c1-9-16-18-13-7-6-12(19-20(9)13)17-15-8-10-2-4-11(14)5-3-10/h2-8H,1H3,(H,17,19). The molecule has 1 N–H and O–H groups in total. The van der Waals surface area contributed by atoms with E-state index in [1.165, 1.54) is 12.1 Å². The van der Waals surface area contributed by atoms with Gasteiger partial charge in [0.2, 0.25) is 0 Å². The van der Waals surface area contributed by atoms with Crippen molar-refractivity contribution >= 4 is 17.7 Å². The molecule has 2 aromatic heterocycles. The first-order chi connectivity index (χ1) is 9.72. The Bertz CT molecular complexity index is 762. The Morgan fingerprint density at radius 2 is 1.95 bits per heavy atom. The van der Waals surface area contributed by atoms with E-state index in [0.717, 1.165) is 5.56 Å². The highest BCUT2D eigenvalue weighted by Crippen LogP contribution is 2.06. The van der Waals surface area contributed by atoms with Gasteiger partial charge in [-0.2, -0.15) is 9.62 Å². The van der Waals surface area contributed by atoms with Gasteiger partial charge >= 0.3 is 0 Å². The van der Waals surface area contributed by atoms with Crippen LogP contribution in [0.25, 0.3) is 5.65 Å². The van der Waals surface area contributed by atoms with Crippen LogP contribution < -0.4 is 5.43 Å². The van der Waals surface area contributed by atoms with Gasteiger partial charge in [0.25, 0.3) is 0 Å². The second kappa shape index (κ2) is 5.04. The normalized spacial score (nSPS) is 11.3. The van der Waals surface area contributed by atoms with Crippen molar-refractivity contribution in [2.24, 2.45) is 5.10 Å². The number of nitrogens with zero attached hydrogens (tertiary/aromatic N) is 5. The summed E-state index contributed by atoms with van der Waals surface area (Å²) in [7, 11) is 0. The largest absolute Gasteiger partial charge is 0.260 e. The van der Waals surface area contributed by atoms with E-state index in [9.17, 15) is 4.39 Å². The van der Waals surface area contributed by atoms with Gasteiger partial charge in [0.05, 0.1) is 6.21 Å². The number of benzene rings is 1. The second-order valence-corrected chi connectivity index (χ2v) is 4.16. The molecule has 7 heteroatoms. The average Bonchev–Trinajstić information content (AvgIpc) is 2.83. The number of hydrogen-bond donors (Lipinski definition) is 1. The molecule has 0 fully saturated rings. The highest BCUT2D eigenvalue weighted by atomic mass is 19.1. The third-order valence-electron chi connectivity index (χ3n) is 2.68. The Labute approximate surface area is 114 Å². The van der Waals surface area contributed by atoms with Crippen LogP contribution in [0, 0.1) is 12.7 Å². The number of nitrogens with one attached hydrogen (secondary N) is 1. The maximum Gasteiger partial charge on any atom is 0.178 e. The third-order valence-corrected chi connectivity index (χ3v) is 2.68. The Hall–Kier alpha value is -2.83. The summed E-state index contributed by atoms with van der Waals surface area (Å²) >= 11 is 0. The molecule has 0 aliphatic heterocycles. The van der Waals surface area contributed by atoms with Crippen LogP contribution in [0.4, 0.5) is 10.2 Å². The number of fused-ring (bicyclic) bond motifs is 1. The second-order valence-electron chi connectivity index (χ2n) is 4.16. The number of hydrazone groups is 1. The summed E-state index contributed by atoms with van der Waals surface area (Å²) in [6.45, 7) is 1.82. The number of halogens is 1. The summed E-state index contributed by atoms with van der Waals surface area (Å²) in [5.74, 6) is 0.996. The van der Waals surface area contributed by atoms with E-state index in [0.29, 0.717) is 17.3 Å². The van der Waals surface area contributed by atoms with Crippen LogP contribution in [0.1, 0.15) is 11.4 Å². The van der Waals surface area contributed by atoms with E-state index in [4.69, 9.17) is 0 Å². The first kappa shape index (κ1) is 12.2. The summed E-state index contributed by atoms with van der Waals surface area (Å²) in [4.78, 5) is 0. The van der Waals surface area contributed by atoms with E-state index in [1.54, 1.807) is 35.0 Å². The molecule has 0 bridgehead atoms. The van der Waals surface area contributed by atoms with Gasteiger partial charge in [0.15, 0.2) is 17.3 Å². The van der Waals surface area contributed by atoms with Gasteiger partial charge in [-0.1, -0.05) is 12.1 Å². The van der Waals surface area contributed by atoms with Crippen molar-refractivity contribution in [3.8, 4) is 0 Å². The molecule has 0 aliphatic rings. The van der Waals surface area contributed by atoms with Crippen molar-refractivity contribution in [1.29, 1.82) is 0 Å². The van der Waals surface area contributed by atoms with E-state index in [-0.39, 0.29) is 5.82 Å². The zero-order valence-corrected chi connectivity index (χ0v) is 10.7. The molecule has 0 atom stereocenters. The molecule has 2 heterocycles. The molecule has 0 radical (unpaired) electrons. The predicted molar refractivity (Wildman–Crippen MR) is 73.1 cm³/mol. The molecule has 0 unspecified atom stereocenters. The Morgan fingerprint density at radius 1 is 1.15 bits per heavy atom.